The van der Waals surface area contributed by atoms with Crippen molar-refractivity contribution in [2.24, 2.45) is 5.41 Å². The van der Waals surface area contributed by atoms with Gasteiger partial charge in [0, 0.05) is 63.4 Å². The van der Waals surface area contributed by atoms with Crippen molar-refractivity contribution >= 4 is 12.2 Å². The van der Waals surface area contributed by atoms with Crippen molar-refractivity contribution in [1.29, 1.82) is 0 Å². The molecule has 0 aromatic heterocycles. The van der Waals surface area contributed by atoms with Crippen molar-refractivity contribution in [2.45, 2.75) is 57.1 Å². The van der Waals surface area contributed by atoms with E-state index in [1.807, 2.05) is 60.7 Å². The minimum Gasteiger partial charge on any atom is -0.674 e. The van der Waals surface area contributed by atoms with Crippen molar-refractivity contribution in [1.82, 2.24) is 4.90 Å². The summed E-state index contributed by atoms with van der Waals surface area (Å²) in [6.07, 6.45) is -11.7. The van der Waals surface area contributed by atoms with E-state index in [2.05, 4.69) is 4.74 Å². The van der Waals surface area contributed by atoms with Gasteiger partial charge in [-0.2, -0.15) is 26.3 Å². The summed E-state index contributed by atoms with van der Waals surface area (Å²) >= 11 is 0. The Labute approximate surface area is 266 Å². The molecule has 1 radical (unpaired) electrons. The van der Waals surface area contributed by atoms with Gasteiger partial charge in [-0.3, -0.25) is 0 Å². The van der Waals surface area contributed by atoms with Crippen LogP contribution >= 0.6 is 0 Å². The molecular formula is C29H33F6N2O4Y-. The number of aliphatic hydroxyl groups excluding tert-OH is 1. The molecule has 6 nitrogen and oxygen atoms in total. The number of rotatable bonds is 9. The van der Waals surface area contributed by atoms with Gasteiger partial charge >= 0.3 is 18.4 Å². The van der Waals surface area contributed by atoms with Crippen LogP contribution in [0.1, 0.15) is 43.2 Å². The van der Waals surface area contributed by atoms with Crippen molar-refractivity contribution in [3.63, 3.8) is 0 Å². The summed E-state index contributed by atoms with van der Waals surface area (Å²) in [6.45, 7) is 1.15. The Kier molecular flexibility index (Phi) is 13.8. The minimum absolute atomic E-state index is 0. The van der Waals surface area contributed by atoms with Gasteiger partial charge in [-0.05, 0) is 38.2 Å². The number of alkyl halides is 6. The largest absolute Gasteiger partial charge is 0.674 e. The van der Waals surface area contributed by atoms with E-state index in [-0.39, 0.29) is 57.8 Å². The molecule has 2 aromatic rings. The smallest absolute Gasteiger partial charge is 0.434 e. The average molecular weight is 676 g/mol. The van der Waals surface area contributed by atoms with Crippen molar-refractivity contribution in [3.8, 4) is 5.75 Å². The zero-order chi connectivity index (χ0) is 30.1. The van der Waals surface area contributed by atoms with Crippen LogP contribution in [-0.4, -0.2) is 60.9 Å². The summed E-state index contributed by atoms with van der Waals surface area (Å²) < 4.78 is 85.0. The summed E-state index contributed by atoms with van der Waals surface area (Å²) in [6, 6.07) is 17.2. The fraction of sp³-hybridized carbons (Fsp3) is 0.483. The first-order valence-electron chi connectivity index (χ1n) is 13.2. The topological polar surface area (TPSA) is 82.8 Å². The minimum atomic E-state index is -5.73. The maximum atomic E-state index is 12.6. The zero-order valence-electron chi connectivity index (χ0n) is 22.9. The molecular weight excluding hydrogens is 643 g/mol. The number of allylic oxidation sites excluding steroid dienone is 1. The van der Waals surface area contributed by atoms with E-state index in [0.717, 1.165) is 40.9 Å². The summed E-state index contributed by atoms with van der Waals surface area (Å²) in [5, 5.41) is 8.81. The van der Waals surface area contributed by atoms with Crippen LogP contribution in [0.3, 0.4) is 0 Å². The second-order valence-electron chi connectivity index (χ2n) is 10.2. The van der Waals surface area contributed by atoms with Crippen LogP contribution in [-0.2, 0) is 44.0 Å². The number of carbonyl (C=O) groups excluding carboxylic acids is 1. The molecule has 1 spiro atoms. The Balaban J connectivity index is 0.000000591. The average Bonchev–Trinajstić information content (AvgIpc) is 2.88. The molecule has 2 N–H and O–H groups in total. The third kappa shape index (κ3) is 10.5. The first kappa shape index (κ1) is 36.0. The molecule has 1 saturated carbocycles. The number of carbonyl (C=O) groups is 1. The fourth-order valence-electron chi connectivity index (χ4n) is 4.74. The number of nitrogens with zero attached hydrogens (tertiary/aromatic N) is 1. The molecule has 1 saturated heterocycles. The van der Waals surface area contributed by atoms with Gasteiger partial charge in [0.25, 0.3) is 6.10 Å². The van der Waals surface area contributed by atoms with Gasteiger partial charge in [0.1, 0.15) is 5.75 Å². The van der Waals surface area contributed by atoms with Crippen molar-refractivity contribution in [3.05, 3.63) is 77.0 Å². The Bertz CT molecular complexity index is 1130. The standard InChI is InChI=1S/C22H25F6NO4.C7H8N.Y/c23-21(24,25)18(22(26,27)28)33-19(31)29-13-20(14-29)11-15(12-20)10-16-6-2-3-7-17(16)32-9-5-1-4-8-30;8-6-7-4-2-1-3-5-7;/h2-3,6-7,10,18,30H,1,4-5,8-9,11-14H2;1-5,8H,6H2;/q;-1;. The van der Waals surface area contributed by atoms with E-state index in [0.29, 0.717) is 31.7 Å². The van der Waals surface area contributed by atoms with Crippen LogP contribution in [0, 0.1) is 5.41 Å². The number of likely N-dealkylation sites (tertiary alicyclic amines) is 1. The Hall–Kier alpha value is -2.15. The number of nitrogens with one attached hydrogen (secondary N) is 1. The Morgan fingerprint density at radius 2 is 1.55 bits per heavy atom. The SMILES string of the molecule is O=C(OC(C(F)(F)F)C(F)(F)F)N1CC2(CC(=Cc3ccccc3OCCCCCO)C2)C1.[NH-]Cc1ccccc1.[Y]. The number of hydrogen-bond donors (Lipinski definition) is 1. The molecule has 42 heavy (non-hydrogen) atoms. The molecule has 0 bridgehead atoms. The maximum absolute atomic E-state index is 12.6. The zero-order valence-corrected chi connectivity index (χ0v) is 25.7. The fourth-order valence-corrected chi connectivity index (χ4v) is 4.74. The summed E-state index contributed by atoms with van der Waals surface area (Å²) in [5.41, 5.74) is 9.62. The van der Waals surface area contributed by atoms with E-state index in [4.69, 9.17) is 15.6 Å². The summed E-state index contributed by atoms with van der Waals surface area (Å²) in [7, 11) is 0. The van der Waals surface area contributed by atoms with Crippen LogP contribution in [0.25, 0.3) is 11.8 Å². The Morgan fingerprint density at radius 3 is 2.10 bits per heavy atom. The second kappa shape index (κ2) is 16.1. The van der Waals surface area contributed by atoms with Crippen molar-refractivity contribution < 1.29 is 78.4 Å². The molecule has 1 aliphatic carbocycles. The molecule has 1 heterocycles. The predicted molar refractivity (Wildman–Crippen MR) is 141 cm³/mol. The van der Waals surface area contributed by atoms with E-state index >= 15 is 0 Å². The van der Waals surface area contributed by atoms with E-state index in [9.17, 15) is 31.1 Å². The molecule has 0 atom stereocenters. The molecule has 229 valence electrons. The molecule has 2 aromatic carbocycles. The van der Waals surface area contributed by atoms with Gasteiger partial charge in [-0.15, -0.1) is 6.54 Å². The van der Waals surface area contributed by atoms with Crippen LogP contribution in [0.15, 0.2) is 60.2 Å². The third-order valence-electron chi connectivity index (χ3n) is 6.71. The summed E-state index contributed by atoms with van der Waals surface area (Å²) in [5.74, 6) is 0.708. The molecule has 0 unspecified atom stereocenters. The molecule has 4 rings (SSSR count). The van der Waals surface area contributed by atoms with E-state index in [1.54, 1.807) is 0 Å². The van der Waals surface area contributed by atoms with Crippen LogP contribution in [0.5, 0.6) is 5.75 Å². The number of ether oxygens (including phenoxy) is 2. The summed E-state index contributed by atoms with van der Waals surface area (Å²) in [4.78, 5) is 12.7. The molecule has 1 aliphatic heterocycles. The molecule has 13 heteroatoms. The van der Waals surface area contributed by atoms with Gasteiger partial charge < -0.3 is 25.2 Å². The van der Waals surface area contributed by atoms with Gasteiger partial charge in [-0.1, -0.05) is 65.7 Å². The Morgan fingerprint density at radius 1 is 0.952 bits per heavy atom. The normalized spacial score (nSPS) is 15.5. The first-order valence-corrected chi connectivity index (χ1v) is 13.2. The molecule has 2 aliphatic rings. The number of unbranched alkanes of at least 4 members (excludes halogenated alkanes) is 2. The van der Waals surface area contributed by atoms with Gasteiger partial charge in [0.2, 0.25) is 0 Å². The van der Waals surface area contributed by atoms with Gasteiger partial charge in [-0.25, -0.2) is 4.79 Å². The third-order valence-corrected chi connectivity index (χ3v) is 6.71. The number of para-hydroxylation sites is 1. The number of amides is 1. The number of benzene rings is 2. The van der Waals surface area contributed by atoms with Crippen LogP contribution in [0.2, 0.25) is 0 Å². The molecule has 2 fully saturated rings. The van der Waals surface area contributed by atoms with Crippen LogP contribution < -0.4 is 4.74 Å². The monoisotopic (exact) mass is 676 g/mol. The number of hydrogen-bond acceptors (Lipinski definition) is 4. The van der Waals surface area contributed by atoms with E-state index < -0.39 is 24.5 Å². The van der Waals surface area contributed by atoms with Gasteiger partial charge in [0.15, 0.2) is 0 Å². The molecule has 1 amide bonds. The number of halogens is 6. The van der Waals surface area contributed by atoms with Crippen LogP contribution in [0.4, 0.5) is 31.1 Å². The quantitative estimate of drug-likeness (QED) is 0.220. The maximum Gasteiger partial charge on any atom is 0.434 e. The van der Waals surface area contributed by atoms with Crippen molar-refractivity contribution in [2.75, 3.05) is 26.3 Å². The number of aliphatic hydroxyl groups is 1. The van der Waals surface area contributed by atoms with Gasteiger partial charge in [0.05, 0.1) is 6.61 Å². The van der Waals surface area contributed by atoms with E-state index in [1.165, 1.54) is 0 Å². The first-order chi connectivity index (χ1) is 19.4. The predicted octanol–water partition coefficient (Wildman–Crippen LogP) is 7.57. The second-order valence-corrected chi connectivity index (χ2v) is 10.2.